The number of carbonyl (C=O) groups excluding carboxylic acids is 1. The van der Waals surface area contributed by atoms with Gasteiger partial charge in [0.1, 0.15) is 17.3 Å². The predicted octanol–water partition coefficient (Wildman–Crippen LogP) is 3.90. The molecule has 132 valence electrons. The molecule has 0 bridgehead atoms. The maximum absolute atomic E-state index is 13.3. The molecule has 0 fully saturated rings. The Hall–Kier alpha value is -3.41. The first kappa shape index (κ1) is 17.4. The Kier molecular flexibility index (Phi) is 5.43. The first-order valence-electron chi connectivity index (χ1n) is 8.04. The standard InChI is InChI=1S/C20H18FN3O2/c1-26-18-7-5-14(6-8-18)13-23-20(25)19-12-17(9-10-22-19)24-16-4-2-3-15(21)11-16/h2-12H,13H2,1H3,(H,22,24)(H,23,25). The van der Waals surface area contributed by atoms with Gasteiger partial charge in [0, 0.05) is 24.1 Å². The molecule has 3 rings (SSSR count). The molecule has 3 aromatic rings. The van der Waals surface area contributed by atoms with Gasteiger partial charge < -0.3 is 15.4 Å². The normalized spacial score (nSPS) is 10.2. The quantitative estimate of drug-likeness (QED) is 0.707. The van der Waals surface area contributed by atoms with Gasteiger partial charge in [0.15, 0.2) is 0 Å². The van der Waals surface area contributed by atoms with E-state index in [1.807, 2.05) is 24.3 Å². The molecule has 0 spiro atoms. The van der Waals surface area contributed by atoms with Gasteiger partial charge in [0.2, 0.25) is 0 Å². The molecule has 2 N–H and O–H groups in total. The summed E-state index contributed by atoms with van der Waals surface area (Å²) in [5, 5.41) is 5.88. The maximum atomic E-state index is 13.3. The molecule has 0 atom stereocenters. The summed E-state index contributed by atoms with van der Waals surface area (Å²) in [6, 6.07) is 16.9. The number of aromatic nitrogens is 1. The molecule has 5 nitrogen and oxygen atoms in total. The first-order chi connectivity index (χ1) is 12.6. The monoisotopic (exact) mass is 351 g/mol. The van der Waals surface area contributed by atoms with Crippen molar-refractivity contribution in [3.8, 4) is 5.75 Å². The molecule has 1 heterocycles. The van der Waals surface area contributed by atoms with E-state index in [-0.39, 0.29) is 17.4 Å². The van der Waals surface area contributed by atoms with Gasteiger partial charge in [-0.25, -0.2) is 4.39 Å². The number of hydrogen-bond acceptors (Lipinski definition) is 4. The molecule has 0 saturated heterocycles. The van der Waals surface area contributed by atoms with Crippen LogP contribution in [0.15, 0.2) is 66.9 Å². The Labute approximate surface area is 150 Å². The van der Waals surface area contributed by atoms with Gasteiger partial charge >= 0.3 is 0 Å². The summed E-state index contributed by atoms with van der Waals surface area (Å²) >= 11 is 0. The van der Waals surface area contributed by atoms with Gasteiger partial charge in [-0.1, -0.05) is 18.2 Å². The van der Waals surface area contributed by atoms with Crippen molar-refractivity contribution in [1.29, 1.82) is 0 Å². The van der Waals surface area contributed by atoms with E-state index >= 15 is 0 Å². The Morgan fingerprint density at radius 2 is 1.85 bits per heavy atom. The third kappa shape index (κ3) is 4.57. The summed E-state index contributed by atoms with van der Waals surface area (Å²) in [4.78, 5) is 16.4. The van der Waals surface area contributed by atoms with E-state index in [9.17, 15) is 9.18 Å². The number of nitrogens with one attached hydrogen (secondary N) is 2. The lowest BCUT2D eigenvalue weighted by atomic mass is 10.2. The van der Waals surface area contributed by atoms with Gasteiger partial charge in [-0.05, 0) is 48.0 Å². The number of carbonyl (C=O) groups is 1. The Balaban J connectivity index is 1.63. The molecule has 0 unspecified atom stereocenters. The molecule has 26 heavy (non-hydrogen) atoms. The third-order valence-corrected chi connectivity index (χ3v) is 3.72. The predicted molar refractivity (Wildman–Crippen MR) is 98.1 cm³/mol. The van der Waals surface area contributed by atoms with E-state index in [1.54, 1.807) is 31.4 Å². The topological polar surface area (TPSA) is 63.2 Å². The van der Waals surface area contributed by atoms with Gasteiger partial charge in [0.05, 0.1) is 7.11 Å². The number of halogens is 1. The van der Waals surface area contributed by atoms with E-state index < -0.39 is 0 Å². The van der Waals surface area contributed by atoms with Crippen molar-refractivity contribution in [3.05, 3.63) is 83.9 Å². The highest BCUT2D eigenvalue weighted by Crippen LogP contribution is 2.17. The van der Waals surface area contributed by atoms with Gasteiger partial charge in [-0.3, -0.25) is 9.78 Å². The van der Waals surface area contributed by atoms with Crippen molar-refractivity contribution in [2.75, 3.05) is 12.4 Å². The van der Waals surface area contributed by atoms with Crippen LogP contribution in [0.25, 0.3) is 0 Å². The molecule has 0 saturated carbocycles. The van der Waals surface area contributed by atoms with E-state index in [1.165, 1.54) is 18.3 Å². The molecular weight excluding hydrogens is 333 g/mol. The van der Waals surface area contributed by atoms with E-state index in [0.29, 0.717) is 17.9 Å². The largest absolute Gasteiger partial charge is 0.497 e. The van der Waals surface area contributed by atoms with Gasteiger partial charge in [-0.2, -0.15) is 0 Å². The maximum Gasteiger partial charge on any atom is 0.270 e. The highest BCUT2D eigenvalue weighted by molar-refractivity contribution is 5.93. The number of anilines is 2. The molecule has 0 aliphatic rings. The Morgan fingerprint density at radius 1 is 1.08 bits per heavy atom. The van der Waals surface area contributed by atoms with Crippen LogP contribution < -0.4 is 15.4 Å². The number of hydrogen-bond donors (Lipinski definition) is 2. The average Bonchev–Trinajstić information content (AvgIpc) is 2.67. The highest BCUT2D eigenvalue weighted by Gasteiger charge is 2.08. The van der Waals surface area contributed by atoms with Crippen molar-refractivity contribution in [2.45, 2.75) is 6.54 Å². The number of ether oxygens (including phenoxy) is 1. The molecule has 0 aliphatic heterocycles. The second kappa shape index (κ2) is 8.11. The summed E-state index contributed by atoms with van der Waals surface area (Å²) in [7, 11) is 1.60. The van der Waals surface area contributed by atoms with Gasteiger partial charge in [-0.15, -0.1) is 0 Å². The number of pyridine rings is 1. The molecule has 2 aromatic carbocycles. The smallest absolute Gasteiger partial charge is 0.270 e. The van der Waals surface area contributed by atoms with Crippen LogP contribution in [0.4, 0.5) is 15.8 Å². The number of nitrogens with zero attached hydrogens (tertiary/aromatic N) is 1. The summed E-state index contributed by atoms with van der Waals surface area (Å²) in [6.07, 6.45) is 1.53. The van der Waals surface area contributed by atoms with Crippen molar-refractivity contribution < 1.29 is 13.9 Å². The summed E-state index contributed by atoms with van der Waals surface area (Å²) in [5.74, 6) is 0.142. The number of benzene rings is 2. The lowest BCUT2D eigenvalue weighted by Crippen LogP contribution is -2.23. The van der Waals surface area contributed by atoms with Crippen molar-refractivity contribution >= 4 is 17.3 Å². The Bertz CT molecular complexity index is 898. The lowest BCUT2D eigenvalue weighted by Gasteiger charge is -2.09. The summed E-state index contributed by atoms with van der Waals surface area (Å²) < 4.78 is 18.4. The molecule has 1 aromatic heterocycles. The van der Waals surface area contributed by atoms with Crippen LogP contribution in [0.2, 0.25) is 0 Å². The summed E-state index contributed by atoms with van der Waals surface area (Å²) in [6.45, 7) is 0.381. The van der Waals surface area contributed by atoms with Crippen molar-refractivity contribution in [2.24, 2.45) is 0 Å². The zero-order valence-electron chi connectivity index (χ0n) is 14.2. The zero-order valence-corrected chi connectivity index (χ0v) is 14.2. The number of rotatable bonds is 6. The zero-order chi connectivity index (χ0) is 18.4. The van der Waals surface area contributed by atoms with E-state index in [0.717, 1.165) is 11.3 Å². The minimum Gasteiger partial charge on any atom is -0.497 e. The van der Waals surface area contributed by atoms with Crippen LogP contribution in [0.1, 0.15) is 16.1 Å². The van der Waals surface area contributed by atoms with E-state index in [2.05, 4.69) is 15.6 Å². The highest BCUT2D eigenvalue weighted by atomic mass is 19.1. The fraction of sp³-hybridized carbons (Fsp3) is 0.100. The minimum absolute atomic E-state index is 0.278. The second-order valence-corrected chi connectivity index (χ2v) is 5.60. The molecule has 1 amide bonds. The fourth-order valence-corrected chi connectivity index (χ4v) is 2.38. The number of methoxy groups -OCH3 is 1. The Morgan fingerprint density at radius 3 is 2.58 bits per heavy atom. The summed E-state index contributed by atoms with van der Waals surface area (Å²) in [5.41, 5.74) is 2.48. The SMILES string of the molecule is COc1ccc(CNC(=O)c2cc(Nc3cccc(F)c3)ccn2)cc1. The minimum atomic E-state index is -0.332. The molecule has 6 heteroatoms. The van der Waals surface area contributed by atoms with Crippen LogP contribution in [0, 0.1) is 5.82 Å². The van der Waals surface area contributed by atoms with Crippen LogP contribution in [-0.2, 0) is 6.54 Å². The van der Waals surface area contributed by atoms with Gasteiger partial charge in [0.25, 0.3) is 5.91 Å². The molecule has 0 radical (unpaired) electrons. The van der Waals surface area contributed by atoms with E-state index in [4.69, 9.17) is 4.74 Å². The average molecular weight is 351 g/mol. The third-order valence-electron chi connectivity index (χ3n) is 3.72. The van der Waals surface area contributed by atoms with Crippen LogP contribution >= 0.6 is 0 Å². The van der Waals surface area contributed by atoms with Crippen molar-refractivity contribution in [3.63, 3.8) is 0 Å². The lowest BCUT2D eigenvalue weighted by molar-refractivity contribution is 0.0946. The van der Waals surface area contributed by atoms with Crippen LogP contribution in [-0.4, -0.2) is 18.0 Å². The molecular formula is C20H18FN3O2. The van der Waals surface area contributed by atoms with Crippen LogP contribution in [0.5, 0.6) is 5.75 Å². The molecule has 0 aliphatic carbocycles. The van der Waals surface area contributed by atoms with Crippen LogP contribution in [0.3, 0.4) is 0 Å². The first-order valence-corrected chi connectivity index (χ1v) is 8.04. The second-order valence-electron chi connectivity index (χ2n) is 5.60. The van der Waals surface area contributed by atoms with Crippen molar-refractivity contribution in [1.82, 2.24) is 10.3 Å². The number of amides is 1. The fourth-order valence-electron chi connectivity index (χ4n) is 2.38.